The summed E-state index contributed by atoms with van der Waals surface area (Å²) in [5.74, 6) is 0.223. The number of oxime groups is 1. The fraction of sp³-hybridized carbons (Fsp3) is 0.333. The Hall–Kier alpha value is -3.73. The molecule has 2 aliphatic heterocycles. The molecular formula is C30H35N5O4S. The van der Waals surface area contributed by atoms with Gasteiger partial charge in [-0.3, -0.25) is 9.73 Å². The van der Waals surface area contributed by atoms with E-state index in [1.165, 1.54) is 26.7 Å². The molecule has 2 aliphatic rings. The third-order valence-corrected chi connectivity index (χ3v) is 9.46. The molecule has 40 heavy (non-hydrogen) atoms. The number of carbonyl (C=O) groups excluding carboxylic acids is 1. The van der Waals surface area contributed by atoms with Gasteiger partial charge in [0, 0.05) is 24.2 Å². The van der Waals surface area contributed by atoms with E-state index in [0.717, 1.165) is 46.3 Å². The molecule has 0 atom stereocenters. The Bertz CT molecular complexity index is 1570. The molecular weight excluding hydrogens is 526 g/mol. The summed E-state index contributed by atoms with van der Waals surface area (Å²) in [6.07, 6.45) is 1.45. The Morgan fingerprint density at radius 1 is 0.875 bits per heavy atom. The van der Waals surface area contributed by atoms with Crippen molar-refractivity contribution in [1.29, 1.82) is 0 Å². The minimum atomic E-state index is -3.66. The maximum atomic E-state index is 13.9. The summed E-state index contributed by atoms with van der Waals surface area (Å²) in [4.78, 5) is 19.9. The molecule has 3 aromatic rings. The van der Waals surface area contributed by atoms with E-state index in [1.807, 2.05) is 38.1 Å². The number of carbonyl (C=O) groups is 1. The highest BCUT2D eigenvalue weighted by molar-refractivity contribution is 7.89. The van der Waals surface area contributed by atoms with Gasteiger partial charge in [0.2, 0.25) is 15.9 Å². The third kappa shape index (κ3) is 4.46. The molecule has 0 aromatic heterocycles. The first kappa shape index (κ1) is 27.8. The first-order valence-corrected chi connectivity index (χ1v) is 15.0. The first-order chi connectivity index (χ1) is 19.1. The molecule has 0 N–H and O–H groups in total. The topological polar surface area (TPSA) is 85.8 Å². The van der Waals surface area contributed by atoms with Crippen LogP contribution in [0.3, 0.4) is 0 Å². The molecule has 3 aromatic carbocycles. The third-order valence-electron chi connectivity index (χ3n) is 7.55. The molecule has 2 heterocycles. The Morgan fingerprint density at radius 2 is 1.45 bits per heavy atom. The highest BCUT2D eigenvalue weighted by Gasteiger charge is 2.47. The number of para-hydroxylation sites is 2. The zero-order valence-corrected chi connectivity index (χ0v) is 24.6. The van der Waals surface area contributed by atoms with Crippen LogP contribution in [0.4, 0.5) is 11.4 Å². The van der Waals surface area contributed by atoms with Crippen LogP contribution in [0.5, 0.6) is 0 Å². The monoisotopic (exact) mass is 561 g/mol. The van der Waals surface area contributed by atoms with E-state index in [0.29, 0.717) is 30.2 Å². The number of hydrogen-bond donors (Lipinski definition) is 0. The molecule has 0 saturated carbocycles. The van der Waals surface area contributed by atoms with Crippen molar-refractivity contribution in [3.8, 4) is 0 Å². The number of amides is 1. The van der Waals surface area contributed by atoms with Crippen LogP contribution in [0.1, 0.15) is 64.9 Å². The van der Waals surface area contributed by atoms with Gasteiger partial charge in [-0.15, -0.1) is 0 Å². The summed E-state index contributed by atoms with van der Waals surface area (Å²) in [6, 6.07) is 15.8. The van der Waals surface area contributed by atoms with Gasteiger partial charge >= 0.3 is 0 Å². The van der Waals surface area contributed by atoms with Gasteiger partial charge in [-0.05, 0) is 104 Å². The first-order valence-electron chi connectivity index (χ1n) is 13.6. The van der Waals surface area contributed by atoms with Gasteiger partial charge in [-0.1, -0.05) is 32.0 Å². The molecule has 0 spiro atoms. The van der Waals surface area contributed by atoms with Crippen LogP contribution in [0, 0.1) is 27.7 Å². The molecule has 9 nitrogen and oxygen atoms in total. The minimum Gasteiger partial charge on any atom is -0.267 e. The standard InChI is InChI=1S/C30H35N5O4S/c1-7-17-32(18-8-2)40(37,38)25-15-13-24(14-16-25)30(36)34-27-12-10-9-11-26(27)33-29(31-39-35(33)34)28-22(5)20(3)19-21(4)23(28)6/h9-16,19H,7-8,17-18H2,1-6H3. The van der Waals surface area contributed by atoms with Gasteiger partial charge in [0.15, 0.2) is 0 Å². The number of anilines is 2. The van der Waals surface area contributed by atoms with E-state index in [4.69, 9.17) is 4.94 Å². The van der Waals surface area contributed by atoms with E-state index in [9.17, 15) is 13.2 Å². The molecule has 0 radical (unpaired) electrons. The van der Waals surface area contributed by atoms with Gasteiger partial charge in [0.05, 0.1) is 21.6 Å². The largest absolute Gasteiger partial charge is 0.277 e. The van der Waals surface area contributed by atoms with Crippen molar-refractivity contribution in [3.63, 3.8) is 0 Å². The van der Waals surface area contributed by atoms with Crippen molar-refractivity contribution in [2.75, 3.05) is 23.1 Å². The second-order valence-corrected chi connectivity index (χ2v) is 12.2. The predicted octanol–water partition coefficient (Wildman–Crippen LogP) is 5.64. The SMILES string of the molecule is CCCN(CCC)S(=O)(=O)c1ccc(C(=O)N2c3ccccc3N3C(c4c(C)c(C)cc(C)c4C)=NON23)cc1. The fourth-order valence-electron chi connectivity index (χ4n) is 5.26. The summed E-state index contributed by atoms with van der Waals surface area (Å²) in [5, 5.41) is 8.98. The molecule has 0 aliphatic carbocycles. The lowest BCUT2D eigenvalue weighted by Crippen LogP contribution is -2.49. The smallest absolute Gasteiger partial charge is 0.267 e. The van der Waals surface area contributed by atoms with Gasteiger partial charge in [0.25, 0.3) is 5.91 Å². The average molecular weight is 562 g/mol. The summed E-state index contributed by atoms with van der Waals surface area (Å²) >= 11 is 0. The van der Waals surface area contributed by atoms with E-state index in [1.54, 1.807) is 17.1 Å². The van der Waals surface area contributed by atoms with E-state index in [2.05, 4.69) is 38.9 Å². The number of hydrazine groups is 2. The lowest BCUT2D eigenvalue weighted by Gasteiger charge is -2.25. The Morgan fingerprint density at radius 3 is 2.02 bits per heavy atom. The zero-order chi connectivity index (χ0) is 28.8. The lowest BCUT2D eigenvalue weighted by atomic mass is 9.93. The minimum absolute atomic E-state index is 0.165. The average Bonchev–Trinajstić information content (AvgIpc) is 3.50. The lowest BCUT2D eigenvalue weighted by molar-refractivity contribution is -0.135. The summed E-state index contributed by atoms with van der Waals surface area (Å²) < 4.78 is 27.9. The highest BCUT2D eigenvalue weighted by atomic mass is 32.2. The molecule has 210 valence electrons. The van der Waals surface area contributed by atoms with E-state index < -0.39 is 10.0 Å². The molecule has 0 unspecified atom stereocenters. The van der Waals surface area contributed by atoms with Crippen molar-refractivity contribution in [3.05, 3.63) is 88.0 Å². The number of amidine groups is 1. The van der Waals surface area contributed by atoms with Crippen LogP contribution in [-0.2, 0) is 15.0 Å². The summed E-state index contributed by atoms with van der Waals surface area (Å²) in [7, 11) is -3.66. The molecule has 5 rings (SSSR count). The van der Waals surface area contributed by atoms with Crippen molar-refractivity contribution in [1.82, 2.24) is 9.59 Å². The van der Waals surface area contributed by atoms with Crippen molar-refractivity contribution < 1.29 is 18.2 Å². The Balaban J connectivity index is 1.49. The van der Waals surface area contributed by atoms with E-state index >= 15 is 0 Å². The second-order valence-electron chi connectivity index (χ2n) is 10.2. The maximum absolute atomic E-state index is 13.9. The van der Waals surface area contributed by atoms with Gasteiger partial charge < -0.3 is 0 Å². The number of rotatable bonds is 8. The fourth-order valence-corrected chi connectivity index (χ4v) is 6.88. The number of aryl methyl sites for hydroxylation is 2. The summed E-state index contributed by atoms with van der Waals surface area (Å²) in [5.41, 5.74) is 7.13. The molecule has 1 amide bonds. The van der Waals surface area contributed by atoms with Crippen LogP contribution in [0.25, 0.3) is 0 Å². The van der Waals surface area contributed by atoms with Gasteiger partial charge in [-0.2, -0.15) is 14.3 Å². The Kier molecular flexibility index (Phi) is 7.43. The second kappa shape index (κ2) is 10.7. The van der Waals surface area contributed by atoms with Crippen LogP contribution in [-0.4, -0.2) is 42.8 Å². The quantitative estimate of drug-likeness (QED) is 0.354. The van der Waals surface area contributed by atoms with Gasteiger partial charge in [0.1, 0.15) is 0 Å². The highest BCUT2D eigenvalue weighted by Crippen LogP contribution is 2.43. The van der Waals surface area contributed by atoms with Crippen LogP contribution >= 0.6 is 0 Å². The molecule has 0 fully saturated rings. The van der Waals surface area contributed by atoms with Crippen LogP contribution in [0.2, 0.25) is 0 Å². The summed E-state index contributed by atoms with van der Waals surface area (Å²) in [6.45, 7) is 13.1. The zero-order valence-electron chi connectivity index (χ0n) is 23.8. The van der Waals surface area contributed by atoms with Crippen molar-refractivity contribution >= 4 is 33.1 Å². The van der Waals surface area contributed by atoms with Crippen molar-refractivity contribution in [2.24, 2.45) is 5.16 Å². The number of sulfonamides is 1. The van der Waals surface area contributed by atoms with Crippen LogP contribution < -0.4 is 10.0 Å². The number of nitrogens with zero attached hydrogens (tertiary/aromatic N) is 5. The van der Waals surface area contributed by atoms with Gasteiger partial charge in [-0.25, -0.2) is 8.42 Å². The maximum Gasteiger partial charge on any atom is 0.277 e. The van der Waals surface area contributed by atoms with E-state index in [-0.39, 0.29) is 10.8 Å². The molecule has 0 bridgehead atoms. The number of benzene rings is 3. The van der Waals surface area contributed by atoms with Crippen molar-refractivity contribution in [2.45, 2.75) is 59.3 Å². The normalized spacial score (nSPS) is 14.8. The Labute approximate surface area is 236 Å². The van der Waals surface area contributed by atoms with Crippen LogP contribution in [0.15, 0.2) is 64.6 Å². The number of fused-ring (bicyclic) bond motifs is 3. The molecule has 0 saturated heterocycles. The number of hydrogen-bond acceptors (Lipinski definition) is 7. The predicted molar refractivity (Wildman–Crippen MR) is 156 cm³/mol. The molecule has 10 heteroatoms.